The van der Waals surface area contributed by atoms with Gasteiger partial charge in [0.25, 0.3) is 23.6 Å². The quantitative estimate of drug-likeness (QED) is 0.0698. The van der Waals surface area contributed by atoms with Crippen LogP contribution in [0.1, 0.15) is 158 Å². The summed E-state index contributed by atoms with van der Waals surface area (Å²) in [5, 5.41) is 14.3. The van der Waals surface area contributed by atoms with Crippen molar-refractivity contribution in [1.29, 1.82) is 0 Å². The van der Waals surface area contributed by atoms with E-state index < -0.39 is 11.6 Å². The van der Waals surface area contributed by atoms with Gasteiger partial charge in [-0.3, -0.25) is 44.1 Å². The van der Waals surface area contributed by atoms with Crippen molar-refractivity contribution in [2.75, 3.05) is 47.4 Å². The summed E-state index contributed by atoms with van der Waals surface area (Å²) >= 11 is 0. The van der Waals surface area contributed by atoms with Crippen LogP contribution < -0.4 is 21.3 Å². The Labute approximate surface area is 726 Å². The number of hydrogen-bond donors (Lipinski definition) is 4. The molecule has 638 valence electrons. The molecule has 12 aromatic heterocycles. The first-order valence-corrected chi connectivity index (χ1v) is 43.4. The molecule has 20 heterocycles. The Balaban J connectivity index is 0.000000118. The number of pyridine rings is 10. The summed E-state index contributed by atoms with van der Waals surface area (Å²) in [4.78, 5) is 124. The first kappa shape index (κ1) is 83.8. The smallest absolute Gasteiger partial charge is 0.273 e. The maximum absolute atomic E-state index is 13.8. The third-order valence-corrected chi connectivity index (χ3v) is 25.5. The topological polar surface area (TPSA) is 310 Å². The Kier molecular flexibility index (Phi) is 25.1. The number of piperidine rings is 8. The van der Waals surface area contributed by atoms with Crippen LogP contribution in [0.4, 0.5) is 32.1 Å². The maximum Gasteiger partial charge on any atom is 0.273 e. The Hall–Kier alpha value is -13.4. The SMILES string of the molecule is Cc1ccc(NC2CC3CCC2N(C(=O)c2cccnc2-c2ncc(F)cn2)C3)nc1.Cc1ccc(NC2CC3CCC2N(C(=O)c2nc(C)ccc2-c2ccccn2)C3)nc1.Cc1ccc(NC2CC3CCC2N(C(=O)c2ncc(C)cc2-c2ncccc2C)C3)nc1.Cc1ccc(NC2CC3CCC2N(C(=O)c2ncccc2-c2ncc(F)cn2)C3)nc1. The summed E-state index contributed by atoms with van der Waals surface area (Å²) in [5.74, 6) is 4.55. The number of fused-ring (bicyclic) bond motifs is 12. The van der Waals surface area contributed by atoms with Crippen LogP contribution in [-0.2, 0) is 0 Å². The minimum Gasteiger partial charge on any atom is -0.365 e. The van der Waals surface area contributed by atoms with Crippen LogP contribution in [0.25, 0.3) is 45.4 Å². The summed E-state index contributed by atoms with van der Waals surface area (Å²) in [7, 11) is 0. The lowest BCUT2D eigenvalue weighted by atomic mass is 9.76. The van der Waals surface area contributed by atoms with Gasteiger partial charge in [-0.15, -0.1) is 0 Å². The largest absolute Gasteiger partial charge is 0.365 e. The average Bonchev–Trinajstić information content (AvgIpc) is 0.778. The van der Waals surface area contributed by atoms with Gasteiger partial charge in [-0.25, -0.2) is 53.6 Å². The number of rotatable bonds is 16. The minimum atomic E-state index is -0.528. The van der Waals surface area contributed by atoms with Crippen molar-refractivity contribution in [3.8, 4) is 45.4 Å². The number of carbonyl (C=O) groups is 4. The second-order valence-corrected chi connectivity index (χ2v) is 34.6. The molecule has 125 heavy (non-hydrogen) atoms. The number of aromatic nitrogens is 14. The summed E-state index contributed by atoms with van der Waals surface area (Å²) in [6, 6.07) is 39.9. The van der Waals surface area contributed by atoms with Gasteiger partial charge in [0.2, 0.25) is 0 Å². The van der Waals surface area contributed by atoms with Crippen molar-refractivity contribution in [3.05, 3.63) is 275 Å². The number of carbonyl (C=O) groups excluding carboxylic acids is 4. The molecule has 4 aliphatic carbocycles. The molecule has 4 N–H and O–H groups in total. The van der Waals surface area contributed by atoms with Crippen molar-refractivity contribution >= 4 is 46.9 Å². The molecule has 4 saturated carbocycles. The van der Waals surface area contributed by atoms with E-state index in [1.54, 1.807) is 55.2 Å². The van der Waals surface area contributed by atoms with E-state index >= 15 is 0 Å². The number of anilines is 4. The molecule has 8 saturated heterocycles. The van der Waals surface area contributed by atoms with Crippen LogP contribution in [0.3, 0.4) is 0 Å². The second kappa shape index (κ2) is 37.4. The molecule has 12 unspecified atom stereocenters. The van der Waals surface area contributed by atoms with Crippen LogP contribution in [0, 0.1) is 83.8 Å². The molecule has 12 aliphatic rings. The summed E-state index contributed by atoms with van der Waals surface area (Å²) in [6.07, 6.45) is 32.9. The maximum atomic E-state index is 13.8. The molecule has 12 aromatic rings. The number of hydrogen-bond acceptors (Lipinski definition) is 22. The van der Waals surface area contributed by atoms with Crippen molar-refractivity contribution in [2.45, 2.75) is 174 Å². The lowest BCUT2D eigenvalue weighted by molar-refractivity contribution is 0.0273. The zero-order valence-electron chi connectivity index (χ0n) is 71.2. The van der Waals surface area contributed by atoms with Crippen molar-refractivity contribution in [2.24, 2.45) is 23.7 Å². The Bertz CT molecular complexity index is 5650. The predicted molar refractivity (Wildman–Crippen MR) is 474 cm³/mol. The standard InChI is InChI=1S/C26H29N5O.C25H27N5O.2C23H23FN6O/c1-16-6-9-23(28-13-16)30-21-12-19-7-8-22(21)31(15-19)26(32)25-20(11-17(2)14-29-25)24-18(3)5-4-10-27-24;1-16-6-11-23(27-14-16)29-21-13-18-8-10-22(21)30(15-18)25(31)24-19(9-7-17(2)28-24)20-5-3-4-12-26-20;1-14-4-7-20(26-10-14)29-18-9-15-5-6-19(18)30(13-15)23(31)17-3-2-8-25-21(17)22-27-11-16(24)12-28-22;1-14-4-7-20(26-10-14)29-18-9-15-5-6-19(18)30(13-15)23(31)21-17(3-2-8-25-21)22-27-11-16(24)12-28-22/h4-6,9-11,13-14,19,21-22H,7-8,12,15H2,1-3H3,(H,28,30);3-7,9,11-12,14,18,21-22H,8,10,13,15H2,1-2H3,(H,27,29);2*2-4,7-8,10-12,15,18-19H,5-6,9,13H2,1H3,(H,26,29). The molecule has 0 spiro atoms. The fraction of sp³-hybridized carbons (Fsp3) is 0.361. The van der Waals surface area contributed by atoms with E-state index in [2.05, 4.69) is 103 Å². The first-order chi connectivity index (χ1) is 60.7. The zero-order valence-corrected chi connectivity index (χ0v) is 71.2. The Morgan fingerprint density at radius 2 is 0.728 bits per heavy atom. The highest BCUT2D eigenvalue weighted by atomic mass is 19.1. The van der Waals surface area contributed by atoms with Gasteiger partial charge >= 0.3 is 0 Å². The van der Waals surface area contributed by atoms with Gasteiger partial charge in [0.05, 0.1) is 71.5 Å². The van der Waals surface area contributed by atoms with Crippen molar-refractivity contribution in [3.63, 3.8) is 0 Å². The number of nitrogens with one attached hydrogen (secondary N) is 4. The highest BCUT2D eigenvalue weighted by Gasteiger charge is 2.49. The van der Waals surface area contributed by atoms with E-state index in [1.165, 1.54) is 12.8 Å². The van der Waals surface area contributed by atoms with Gasteiger partial charge in [-0.1, -0.05) is 36.4 Å². The van der Waals surface area contributed by atoms with E-state index in [0.29, 0.717) is 69.9 Å². The number of halogens is 2. The van der Waals surface area contributed by atoms with Gasteiger partial charge in [-0.2, -0.15) is 0 Å². The van der Waals surface area contributed by atoms with E-state index in [4.69, 9.17) is 0 Å². The van der Waals surface area contributed by atoms with Gasteiger partial charge < -0.3 is 40.9 Å². The minimum absolute atomic E-state index is 0.00224. The summed E-state index contributed by atoms with van der Waals surface area (Å²) in [5.41, 5.74) is 13.2. The molecule has 0 radical (unpaired) electrons. The molecule has 8 bridgehead atoms. The monoisotopic (exact) mass is 1680 g/mol. The third-order valence-electron chi connectivity index (χ3n) is 25.5. The average molecular weight is 1680 g/mol. The van der Waals surface area contributed by atoms with Crippen LogP contribution >= 0.6 is 0 Å². The molecular weight excluding hydrogens is 1580 g/mol. The number of aryl methyl sites for hydroxylation is 7. The van der Waals surface area contributed by atoms with Crippen LogP contribution in [0.2, 0.25) is 0 Å². The highest BCUT2D eigenvalue weighted by molar-refractivity contribution is 6.02. The summed E-state index contributed by atoms with van der Waals surface area (Å²) < 4.78 is 26.5. The van der Waals surface area contributed by atoms with Gasteiger partial charge in [0, 0.05) is 123 Å². The van der Waals surface area contributed by atoms with Crippen LogP contribution in [-0.4, -0.2) is 188 Å². The first-order valence-electron chi connectivity index (χ1n) is 43.4. The normalized spacial score (nSPS) is 22.3. The number of nitrogens with zero attached hydrogens (tertiary/aromatic N) is 18. The van der Waals surface area contributed by atoms with Gasteiger partial charge in [0.1, 0.15) is 46.0 Å². The lowest BCUT2D eigenvalue weighted by Gasteiger charge is -2.50. The lowest BCUT2D eigenvalue weighted by Crippen LogP contribution is -2.60. The Morgan fingerprint density at radius 1 is 0.328 bits per heavy atom. The van der Waals surface area contributed by atoms with Gasteiger partial charge in [0.15, 0.2) is 23.3 Å². The fourth-order valence-corrected chi connectivity index (χ4v) is 19.4. The third kappa shape index (κ3) is 19.1. The molecule has 28 heteroatoms. The van der Waals surface area contributed by atoms with Crippen LogP contribution in [0.15, 0.2) is 202 Å². The highest BCUT2D eigenvalue weighted by Crippen LogP contribution is 2.44. The second-order valence-electron chi connectivity index (χ2n) is 34.6. The number of amides is 4. The fourth-order valence-electron chi connectivity index (χ4n) is 19.4. The molecular formula is C97H102F2N22O4. The molecule has 24 rings (SSSR count). The molecule has 0 aromatic carbocycles. The zero-order chi connectivity index (χ0) is 86.4. The molecule has 12 fully saturated rings. The molecule has 4 amide bonds. The molecule has 8 aliphatic heterocycles. The molecule has 12 atom stereocenters. The molecule has 26 nitrogen and oxygen atoms in total. The van der Waals surface area contributed by atoms with Crippen molar-refractivity contribution < 1.29 is 28.0 Å². The van der Waals surface area contributed by atoms with Crippen molar-refractivity contribution in [1.82, 2.24) is 89.4 Å². The van der Waals surface area contributed by atoms with E-state index in [0.717, 1.165) is 193 Å². The van der Waals surface area contributed by atoms with Gasteiger partial charge in [-0.05, 0) is 267 Å². The van der Waals surface area contributed by atoms with Crippen LogP contribution in [0.5, 0.6) is 0 Å². The predicted octanol–water partition coefficient (Wildman–Crippen LogP) is 15.8. The Morgan fingerprint density at radius 3 is 1.16 bits per heavy atom. The summed E-state index contributed by atoms with van der Waals surface area (Å²) in [6.45, 7) is 17.1. The van der Waals surface area contributed by atoms with E-state index in [9.17, 15) is 28.0 Å². The van der Waals surface area contributed by atoms with E-state index in [-0.39, 0.29) is 77.8 Å². The van der Waals surface area contributed by atoms with E-state index in [1.807, 2.05) is 178 Å².